The molecule has 0 radical (unpaired) electrons. The standard InChI is InChI=1S/C17H22Cl2N2O3/c18-13-7-14(19)9-15(8-13)24-10-12-1-4-21(5-2-12)17(22)16-11-23-6-3-20-16/h7-9,12,16,20H,1-6,10-11H2. The maximum atomic E-state index is 12.4. The average molecular weight is 373 g/mol. The fourth-order valence-corrected chi connectivity index (χ4v) is 3.60. The first-order chi connectivity index (χ1) is 11.6. The van der Waals surface area contributed by atoms with Crippen molar-refractivity contribution >= 4 is 29.1 Å². The maximum absolute atomic E-state index is 12.4. The van der Waals surface area contributed by atoms with Crippen molar-refractivity contribution in [2.45, 2.75) is 18.9 Å². The van der Waals surface area contributed by atoms with Crippen LogP contribution in [0.15, 0.2) is 18.2 Å². The Morgan fingerprint density at radius 1 is 1.25 bits per heavy atom. The molecule has 24 heavy (non-hydrogen) atoms. The van der Waals surface area contributed by atoms with Crippen LogP contribution in [0.3, 0.4) is 0 Å². The van der Waals surface area contributed by atoms with E-state index in [-0.39, 0.29) is 11.9 Å². The highest BCUT2D eigenvalue weighted by Crippen LogP contribution is 2.26. The average Bonchev–Trinajstić information content (AvgIpc) is 2.60. The van der Waals surface area contributed by atoms with Crippen molar-refractivity contribution in [3.8, 4) is 5.75 Å². The number of hydrogen-bond donors (Lipinski definition) is 1. The van der Waals surface area contributed by atoms with Gasteiger partial charge in [0.15, 0.2) is 0 Å². The van der Waals surface area contributed by atoms with E-state index in [0.717, 1.165) is 32.5 Å². The molecule has 0 aliphatic carbocycles. The molecule has 1 amide bonds. The van der Waals surface area contributed by atoms with Crippen LogP contribution in [0, 0.1) is 5.92 Å². The quantitative estimate of drug-likeness (QED) is 0.882. The van der Waals surface area contributed by atoms with Gasteiger partial charge < -0.3 is 19.7 Å². The molecule has 1 unspecified atom stereocenters. The molecule has 5 nitrogen and oxygen atoms in total. The van der Waals surface area contributed by atoms with Gasteiger partial charge in [-0.1, -0.05) is 23.2 Å². The second-order valence-electron chi connectivity index (χ2n) is 6.27. The zero-order valence-corrected chi connectivity index (χ0v) is 15.0. The van der Waals surface area contributed by atoms with E-state index >= 15 is 0 Å². The second kappa shape index (κ2) is 8.39. The van der Waals surface area contributed by atoms with Crippen molar-refractivity contribution in [3.63, 3.8) is 0 Å². The minimum absolute atomic E-state index is 0.149. The number of carbonyl (C=O) groups excluding carboxylic acids is 1. The first-order valence-corrected chi connectivity index (χ1v) is 9.06. The number of amides is 1. The summed E-state index contributed by atoms with van der Waals surface area (Å²) in [6.07, 6.45) is 1.88. The SMILES string of the molecule is O=C(C1COCCN1)N1CCC(COc2cc(Cl)cc(Cl)c2)CC1. The lowest BCUT2D eigenvalue weighted by molar-refractivity contribution is -0.137. The molecule has 2 saturated heterocycles. The number of piperidine rings is 1. The van der Waals surface area contributed by atoms with Gasteiger partial charge in [-0.05, 0) is 37.0 Å². The highest BCUT2D eigenvalue weighted by molar-refractivity contribution is 6.34. The van der Waals surface area contributed by atoms with Gasteiger partial charge in [0, 0.05) is 29.7 Å². The summed E-state index contributed by atoms with van der Waals surface area (Å²) < 4.78 is 11.2. The Labute approximate surface area is 152 Å². The minimum atomic E-state index is -0.194. The summed E-state index contributed by atoms with van der Waals surface area (Å²) in [6.45, 7) is 4.03. The molecule has 2 heterocycles. The minimum Gasteiger partial charge on any atom is -0.493 e. The van der Waals surface area contributed by atoms with Crippen LogP contribution in [0.1, 0.15) is 12.8 Å². The van der Waals surface area contributed by atoms with Crippen LogP contribution < -0.4 is 10.1 Å². The molecular weight excluding hydrogens is 351 g/mol. The van der Waals surface area contributed by atoms with E-state index < -0.39 is 0 Å². The predicted octanol–water partition coefficient (Wildman–Crippen LogP) is 2.60. The third-order valence-electron chi connectivity index (χ3n) is 4.47. The van der Waals surface area contributed by atoms with Crippen LogP contribution in [0.2, 0.25) is 10.0 Å². The topological polar surface area (TPSA) is 50.8 Å². The van der Waals surface area contributed by atoms with Crippen LogP contribution in [-0.4, -0.2) is 56.3 Å². The zero-order chi connectivity index (χ0) is 16.9. The molecule has 0 bridgehead atoms. The first-order valence-electron chi connectivity index (χ1n) is 8.30. The summed E-state index contributed by atoms with van der Waals surface area (Å²) >= 11 is 11.9. The normalized spacial score (nSPS) is 22.4. The van der Waals surface area contributed by atoms with E-state index in [1.807, 2.05) is 4.90 Å². The molecule has 1 N–H and O–H groups in total. The van der Waals surface area contributed by atoms with Crippen LogP contribution in [0.5, 0.6) is 5.75 Å². The molecule has 7 heteroatoms. The summed E-state index contributed by atoms with van der Waals surface area (Å²) in [5.41, 5.74) is 0. The predicted molar refractivity (Wildman–Crippen MR) is 93.9 cm³/mol. The molecule has 1 atom stereocenters. The van der Waals surface area contributed by atoms with E-state index in [9.17, 15) is 4.79 Å². The van der Waals surface area contributed by atoms with E-state index in [4.69, 9.17) is 32.7 Å². The smallest absolute Gasteiger partial charge is 0.242 e. The number of likely N-dealkylation sites (tertiary alicyclic amines) is 1. The molecule has 2 fully saturated rings. The van der Waals surface area contributed by atoms with Gasteiger partial charge in [0.05, 0.1) is 19.8 Å². The molecule has 2 aliphatic rings. The number of rotatable bonds is 4. The van der Waals surface area contributed by atoms with Gasteiger partial charge in [-0.2, -0.15) is 0 Å². The molecule has 0 aromatic heterocycles. The number of nitrogens with zero attached hydrogens (tertiary/aromatic N) is 1. The van der Waals surface area contributed by atoms with Gasteiger partial charge in [0.2, 0.25) is 5.91 Å². The highest BCUT2D eigenvalue weighted by Gasteiger charge is 2.29. The molecular formula is C17H22Cl2N2O3. The van der Waals surface area contributed by atoms with Gasteiger partial charge in [0.25, 0.3) is 0 Å². The lowest BCUT2D eigenvalue weighted by Crippen LogP contribution is -2.54. The van der Waals surface area contributed by atoms with Crippen molar-refractivity contribution in [3.05, 3.63) is 28.2 Å². The van der Waals surface area contributed by atoms with Crippen LogP contribution in [0.25, 0.3) is 0 Å². The van der Waals surface area contributed by atoms with Gasteiger partial charge in [-0.25, -0.2) is 0 Å². The van der Waals surface area contributed by atoms with Crippen molar-refractivity contribution < 1.29 is 14.3 Å². The van der Waals surface area contributed by atoms with Gasteiger partial charge in [0.1, 0.15) is 11.8 Å². The Hall–Kier alpha value is -1.01. The van der Waals surface area contributed by atoms with E-state index in [2.05, 4.69) is 5.32 Å². The fraction of sp³-hybridized carbons (Fsp3) is 0.588. The third-order valence-corrected chi connectivity index (χ3v) is 4.90. The third kappa shape index (κ3) is 4.76. The number of benzene rings is 1. The summed E-state index contributed by atoms with van der Waals surface area (Å²) in [6, 6.07) is 5.02. The summed E-state index contributed by atoms with van der Waals surface area (Å²) in [5, 5.41) is 4.36. The molecule has 1 aromatic carbocycles. The van der Waals surface area contributed by atoms with Crippen molar-refractivity contribution in [1.29, 1.82) is 0 Å². The summed E-state index contributed by atoms with van der Waals surface area (Å²) in [7, 11) is 0. The number of hydrogen-bond acceptors (Lipinski definition) is 4. The van der Waals surface area contributed by atoms with E-state index in [0.29, 0.717) is 41.5 Å². The number of carbonyl (C=O) groups is 1. The maximum Gasteiger partial charge on any atom is 0.242 e. The van der Waals surface area contributed by atoms with E-state index in [1.54, 1.807) is 18.2 Å². The molecule has 0 saturated carbocycles. The number of nitrogens with one attached hydrogen (secondary N) is 1. The number of ether oxygens (including phenoxy) is 2. The Balaban J connectivity index is 1.44. The summed E-state index contributed by atoms with van der Waals surface area (Å²) in [4.78, 5) is 14.4. The molecule has 0 spiro atoms. The lowest BCUT2D eigenvalue weighted by atomic mass is 9.97. The fourth-order valence-electron chi connectivity index (χ4n) is 3.09. The lowest BCUT2D eigenvalue weighted by Gasteiger charge is -2.35. The monoisotopic (exact) mass is 372 g/mol. The van der Waals surface area contributed by atoms with Gasteiger partial charge in [-0.15, -0.1) is 0 Å². The Kier molecular flexibility index (Phi) is 6.22. The van der Waals surface area contributed by atoms with E-state index in [1.165, 1.54) is 0 Å². The zero-order valence-electron chi connectivity index (χ0n) is 13.5. The van der Waals surface area contributed by atoms with Crippen molar-refractivity contribution in [2.75, 3.05) is 39.5 Å². The van der Waals surface area contributed by atoms with Crippen LogP contribution >= 0.6 is 23.2 Å². The Morgan fingerprint density at radius 2 is 1.96 bits per heavy atom. The molecule has 2 aliphatic heterocycles. The Bertz CT molecular complexity index is 551. The van der Waals surface area contributed by atoms with Crippen molar-refractivity contribution in [1.82, 2.24) is 10.2 Å². The van der Waals surface area contributed by atoms with Crippen LogP contribution in [0.4, 0.5) is 0 Å². The van der Waals surface area contributed by atoms with Gasteiger partial charge in [-0.3, -0.25) is 4.79 Å². The Morgan fingerprint density at radius 3 is 2.58 bits per heavy atom. The highest BCUT2D eigenvalue weighted by atomic mass is 35.5. The molecule has 3 rings (SSSR count). The van der Waals surface area contributed by atoms with Crippen LogP contribution in [-0.2, 0) is 9.53 Å². The molecule has 1 aromatic rings. The van der Waals surface area contributed by atoms with Crippen molar-refractivity contribution in [2.24, 2.45) is 5.92 Å². The van der Waals surface area contributed by atoms with Gasteiger partial charge >= 0.3 is 0 Å². The summed E-state index contributed by atoms with van der Waals surface area (Å²) in [5.74, 6) is 1.27. The number of morpholine rings is 1. The molecule has 132 valence electrons. The first kappa shape index (κ1) is 17.8. The second-order valence-corrected chi connectivity index (χ2v) is 7.14. The number of halogens is 2. The largest absolute Gasteiger partial charge is 0.493 e.